The smallest absolute Gasteiger partial charge is 0.406 e. The average Bonchev–Trinajstić information content (AvgIpc) is 3.16. The van der Waals surface area contributed by atoms with Crippen LogP contribution in [0.15, 0.2) is 59.8 Å². The summed E-state index contributed by atoms with van der Waals surface area (Å²) in [7, 11) is 3.97. The molecule has 1 heterocycles. The molecule has 0 aliphatic rings. The molecule has 34 heavy (non-hydrogen) atoms. The quantitative estimate of drug-likeness (QED) is 0.402. The summed E-state index contributed by atoms with van der Waals surface area (Å²) in [4.78, 5) is 14.5. The Morgan fingerprint density at radius 1 is 1.12 bits per heavy atom. The van der Waals surface area contributed by atoms with Gasteiger partial charge in [-0.3, -0.25) is 9.69 Å². The van der Waals surface area contributed by atoms with E-state index in [0.29, 0.717) is 17.4 Å². The number of amides is 1. The molecule has 0 aliphatic carbocycles. The van der Waals surface area contributed by atoms with Crippen molar-refractivity contribution >= 4 is 23.4 Å². The Balaban J connectivity index is 1.69. The van der Waals surface area contributed by atoms with Crippen molar-refractivity contribution in [2.75, 3.05) is 25.2 Å². The Morgan fingerprint density at radius 2 is 1.79 bits per heavy atom. The second-order valence-electron chi connectivity index (χ2n) is 7.71. The molecule has 0 unspecified atom stereocenters. The van der Waals surface area contributed by atoms with Crippen molar-refractivity contribution in [2.45, 2.75) is 37.4 Å². The zero-order valence-corrected chi connectivity index (χ0v) is 19.9. The van der Waals surface area contributed by atoms with Crippen LogP contribution in [0, 0.1) is 0 Å². The van der Waals surface area contributed by atoms with Crippen LogP contribution in [0.5, 0.6) is 5.75 Å². The fourth-order valence-electron chi connectivity index (χ4n) is 3.41. The Morgan fingerprint density at radius 3 is 2.38 bits per heavy atom. The number of ether oxygens (including phenoxy) is 1. The van der Waals surface area contributed by atoms with Crippen molar-refractivity contribution in [3.63, 3.8) is 0 Å². The van der Waals surface area contributed by atoms with Crippen molar-refractivity contribution in [3.05, 3.63) is 66.0 Å². The second kappa shape index (κ2) is 11.4. The normalized spacial score (nSPS) is 12.6. The van der Waals surface area contributed by atoms with Gasteiger partial charge in [-0.25, -0.2) is 0 Å². The molecule has 2 aromatic carbocycles. The molecule has 7 nitrogen and oxygen atoms in total. The van der Waals surface area contributed by atoms with Crippen LogP contribution in [-0.2, 0) is 11.3 Å². The number of benzene rings is 2. The fraction of sp³-hybridized carbons (Fsp3) is 0.348. The summed E-state index contributed by atoms with van der Waals surface area (Å²) < 4.78 is 42.7. The Bertz CT molecular complexity index is 1070. The largest absolute Gasteiger partial charge is 0.573 e. The molecule has 0 saturated heterocycles. The van der Waals surface area contributed by atoms with Crippen LogP contribution in [0.4, 0.5) is 18.9 Å². The molecule has 1 atom stereocenters. The molecule has 0 spiro atoms. The third kappa shape index (κ3) is 7.22. The number of nitrogens with zero attached hydrogens (tertiary/aromatic N) is 4. The van der Waals surface area contributed by atoms with Gasteiger partial charge in [0.25, 0.3) is 0 Å². The molecule has 0 aliphatic heterocycles. The van der Waals surface area contributed by atoms with Crippen LogP contribution in [0.3, 0.4) is 0 Å². The summed E-state index contributed by atoms with van der Waals surface area (Å²) in [6, 6.07) is 15.0. The first-order valence-corrected chi connectivity index (χ1v) is 11.6. The summed E-state index contributed by atoms with van der Waals surface area (Å²) in [5, 5.41) is 12.0. The van der Waals surface area contributed by atoms with Gasteiger partial charge in [0.1, 0.15) is 5.75 Å². The Hall–Kier alpha value is -3.05. The van der Waals surface area contributed by atoms with Crippen molar-refractivity contribution in [2.24, 2.45) is 0 Å². The maximum absolute atomic E-state index is 12.5. The Kier molecular flexibility index (Phi) is 8.56. The SMILES string of the molecule is CC[C@H](c1nnc(SCC(=O)Nc2ccc(OC(F)(F)F)cc2)n1Cc1ccccc1)N(C)C. The van der Waals surface area contributed by atoms with Gasteiger partial charge in [0.15, 0.2) is 11.0 Å². The van der Waals surface area contributed by atoms with Crippen LogP contribution in [-0.4, -0.2) is 51.8 Å². The molecule has 0 bridgehead atoms. The summed E-state index contributed by atoms with van der Waals surface area (Å²) >= 11 is 1.25. The van der Waals surface area contributed by atoms with E-state index in [1.165, 1.54) is 23.9 Å². The van der Waals surface area contributed by atoms with Gasteiger partial charge >= 0.3 is 6.36 Å². The van der Waals surface area contributed by atoms with Gasteiger partial charge in [-0.1, -0.05) is 49.0 Å². The highest BCUT2D eigenvalue weighted by molar-refractivity contribution is 7.99. The van der Waals surface area contributed by atoms with E-state index < -0.39 is 6.36 Å². The number of alkyl halides is 3. The van der Waals surface area contributed by atoms with Gasteiger partial charge in [-0.15, -0.1) is 23.4 Å². The Labute approximate surface area is 200 Å². The third-order valence-corrected chi connectivity index (χ3v) is 5.91. The van der Waals surface area contributed by atoms with Crippen molar-refractivity contribution in [1.82, 2.24) is 19.7 Å². The molecule has 11 heteroatoms. The first-order chi connectivity index (χ1) is 16.2. The van der Waals surface area contributed by atoms with E-state index in [4.69, 9.17) is 0 Å². The molecule has 1 N–H and O–H groups in total. The fourth-order valence-corrected chi connectivity index (χ4v) is 4.16. The van der Waals surface area contributed by atoms with Crippen molar-refractivity contribution in [3.8, 4) is 5.75 Å². The second-order valence-corrected chi connectivity index (χ2v) is 8.65. The summed E-state index contributed by atoms with van der Waals surface area (Å²) in [6.45, 7) is 2.65. The monoisotopic (exact) mass is 493 g/mol. The van der Waals surface area contributed by atoms with E-state index >= 15 is 0 Å². The lowest BCUT2D eigenvalue weighted by Crippen LogP contribution is -2.23. The lowest BCUT2D eigenvalue weighted by Gasteiger charge is -2.23. The molecule has 0 saturated carbocycles. The highest BCUT2D eigenvalue weighted by atomic mass is 32.2. The van der Waals surface area contributed by atoms with Gasteiger partial charge in [0, 0.05) is 5.69 Å². The standard InChI is InChI=1S/C23H26F3N5O2S/c1-4-19(30(2)3)21-28-29-22(31(21)14-16-8-6-5-7-9-16)34-15-20(32)27-17-10-12-18(13-11-17)33-23(24,25)26/h5-13,19H,4,14-15H2,1-3H3,(H,27,32)/t19-/m1/s1. The number of rotatable bonds is 10. The predicted octanol–water partition coefficient (Wildman–Crippen LogP) is 4.97. The van der Waals surface area contributed by atoms with Gasteiger partial charge in [-0.05, 0) is 50.3 Å². The summed E-state index contributed by atoms with van der Waals surface area (Å²) in [5.74, 6) is 0.212. The minimum atomic E-state index is -4.76. The van der Waals surface area contributed by atoms with Crippen molar-refractivity contribution < 1.29 is 22.7 Å². The topological polar surface area (TPSA) is 72.3 Å². The van der Waals surface area contributed by atoms with E-state index in [9.17, 15) is 18.0 Å². The zero-order valence-electron chi connectivity index (χ0n) is 19.0. The molecule has 0 radical (unpaired) electrons. The molecule has 3 rings (SSSR count). The lowest BCUT2D eigenvalue weighted by atomic mass is 10.2. The molecule has 1 amide bonds. The maximum atomic E-state index is 12.5. The van der Waals surface area contributed by atoms with E-state index in [-0.39, 0.29) is 23.5 Å². The first-order valence-electron chi connectivity index (χ1n) is 10.6. The minimum absolute atomic E-state index is 0.0620. The van der Waals surface area contributed by atoms with Gasteiger partial charge in [-0.2, -0.15) is 0 Å². The molecule has 0 fully saturated rings. The van der Waals surface area contributed by atoms with Crippen molar-refractivity contribution in [1.29, 1.82) is 0 Å². The molecule has 1 aromatic heterocycles. The van der Waals surface area contributed by atoms with Gasteiger partial charge in [0.2, 0.25) is 5.91 Å². The highest BCUT2D eigenvalue weighted by Gasteiger charge is 2.31. The third-order valence-electron chi connectivity index (χ3n) is 4.94. The maximum Gasteiger partial charge on any atom is 0.573 e. The van der Waals surface area contributed by atoms with Crippen LogP contribution >= 0.6 is 11.8 Å². The van der Waals surface area contributed by atoms with Crippen LogP contribution < -0.4 is 10.1 Å². The van der Waals surface area contributed by atoms with Gasteiger partial charge < -0.3 is 14.6 Å². The van der Waals surface area contributed by atoms with E-state index in [1.54, 1.807) is 0 Å². The number of nitrogens with one attached hydrogen (secondary N) is 1. The molecule has 3 aromatic rings. The predicted molar refractivity (Wildman–Crippen MR) is 125 cm³/mol. The number of aromatic nitrogens is 3. The molecular formula is C23H26F3N5O2S. The van der Waals surface area contributed by atoms with Gasteiger partial charge in [0.05, 0.1) is 18.3 Å². The average molecular weight is 494 g/mol. The first kappa shape index (κ1) is 25.6. The van der Waals surface area contributed by atoms with E-state index in [1.807, 2.05) is 49.0 Å². The molecular weight excluding hydrogens is 467 g/mol. The number of carbonyl (C=O) groups is 1. The number of anilines is 1. The number of carbonyl (C=O) groups excluding carboxylic acids is 1. The summed E-state index contributed by atoms with van der Waals surface area (Å²) in [5.41, 5.74) is 1.45. The number of halogens is 3. The minimum Gasteiger partial charge on any atom is -0.406 e. The number of hydrogen-bond acceptors (Lipinski definition) is 6. The number of thioether (sulfide) groups is 1. The highest BCUT2D eigenvalue weighted by Crippen LogP contribution is 2.27. The van der Waals surface area contributed by atoms with E-state index in [2.05, 4.69) is 32.1 Å². The van der Waals surface area contributed by atoms with E-state index in [0.717, 1.165) is 29.9 Å². The zero-order chi connectivity index (χ0) is 24.7. The molecule has 182 valence electrons. The van der Waals surface area contributed by atoms with Crippen LogP contribution in [0.25, 0.3) is 0 Å². The number of hydrogen-bond donors (Lipinski definition) is 1. The van der Waals surface area contributed by atoms with Crippen LogP contribution in [0.2, 0.25) is 0 Å². The van der Waals surface area contributed by atoms with Crippen LogP contribution in [0.1, 0.15) is 30.8 Å². The summed E-state index contributed by atoms with van der Waals surface area (Å²) in [6.07, 6.45) is -3.92. The lowest BCUT2D eigenvalue weighted by molar-refractivity contribution is -0.274.